The number of hydrogen-bond acceptors (Lipinski definition) is 7. The van der Waals surface area contributed by atoms with Gasteiger partial charge in [0.2, 0.25) is 0 Å². The molecule has 0 atom stereocenters. The molecule has 3 aromatic rings. The van der Waals surface area contributed by atoms with Crippen LogP contribution in [0.5, 0.6) is 5.75 Å². The van der Waals surface area contributed by atoms with Crippen molar-refractivity contribution in [1.82, 2.24) is 9.29 Å². The fourth-order valence-corrected chi connectivity index (χ4v) is 7.00. The van der Waals surface area contributed by atoms with Gasteiger partial charge in [0.25, 0.3) is 10.0 Å². The maximum atomic E-state index is 13.1. The van der Waals surface area contributed by atoms with Gasteiger partial charge in [0.05, 0.1) is 12.8 Å². The van der Waals surface area contributed by atoms with Crippen molar-refractivity contribution >= 4 is 38.4 Å². The molecule has 1 aromatic carbocycles. The lowest BCUT2D eigenvalue weighted by Crippen LogP contribution is -2.48. The molecule has 0 N–H and O–H groups in total. The molecule has 154 valence electrons. The van der Waals surface area contributed by atoms with Crippen LogP contribution in [0.15, 0.2) is 39.9 Å². The highest BCUT2D eigenvalue weighted by Crippen LogP contribution is 2.34. The van der Waals surface area contributed by atoms with Gasteiger partial charge in [0, 0.05) is 53.8 Å². The third-order valence-corrected chi connectivity index (χ3v) is 9.54. The van der Waals surface area contributed by atoms with Crippen molar-refractivity contribution in [2.45, 2.75) is 18.1 Å². The van der Waals surface area contributed by atoms with Crippen LogP contribution in [0.25, 0.3) is 10.6 Å². The molecule has 6 nitrogen and oxygen atoms in total. The Morgan fingerprint density at radius 3 is 2.52 bits per heavy atom. The molecule has 29 heavy (non-hydrogen) atoms. The predicted octanol–water partition coefficient (Wildman–Crippen LogP) is 4.01. The fraction of sp³-hybridized carbons (Fsp3) is 0.350. The molecule has 1 fully saturated rings. The number of aryl methyl sites for hydroxylation is 2. The monoisotopic (exact) mass is 449 g/mol. The van der Waals surface area contributed by atoms with E-state index >= 15 is 0 Å². The SMILES string of the molecule is COc1cccc(N2CCN(S(=O)(=O)c3cc(-c4nc(C)c(C)s4)cs3)CC2)c1. The standard InChI is InChI=1S/C20H23N3O3S3/c1-14-15(2)28-20(21-14)16-11-19(27-13-16)29(24,25)23-9-7-22(8-10-23)17-5-4-6-18(12-17)26-3/h4-6,11-13H,7-10H2,1-3H3. The molecule has 0 bridgehead atoms. The van der Waals surface area contributed by atoms with Crippen molar-refractivity contribution in [2.75, 3.05) is 38.2 Å². The molecule has 1 saturated heterocycles. The molecule has 3 heterocycles. The van der Waals surface area contributed by atoms with Gasteiger partial charge in [-0.3, -0.25) is 0 Å². The summed E-state index contributed by atoms with van der Waals surface area (Å²) >= 11 is 2.87. The molecule has 2 aromatic heterocycles. The minimum Gasteiger partial charge on any atom is -0.497 e. The van der Waals surface area contributed by atoms with Crippen LogP contribution in [0.1, 0.15) is 10.6 Å². The molecule has 0 amide bonds. The zero-order valence-electron chi connectivity index (χ0n) is 16.6. The first-order valence-corrected chi connectivity index (χ1v) is 12.4. The summed E-state index contributed by atoms with van der Waals surface area (Å²) in [6.45, 7) is 6.22. The van der Waals surface area contributed by atoms with Crippen LogP contribution in [0.4, 0.5) is 5.69 Å². The normalized spacial score (nSPS) is 15.6. The summed E-state index contributed by atoms with van der Waals surface area (Å²) in [5, 5.41) is 2.76. The third-order valence-electron chi connectivity index (χ3n) is 5.10. The van der Waals surface area contributed by atoms with Crippen LogP contribution in [-0.4, -0.2) is 51.0 Å². The number of thiazole rings is 1. The lowest BCUT2D eigenvalue weighted by molar-refractivity contribution is 0.385. The van der Waals surface area contributed by atoms with E-state index in [1.54, 1.807) is 28.8 Å². The molecule has 0 radical (unpaired) electrons. The van der Waals surface area contributed by atoms with Gasteiger partial charge in [-0.2, -0.15) is 4.31 Å². The minimum atomic E-state index is -3.49. The number of methoxy groups -OCH3 is 1. The van der Waals surface area contributed by atoms with Crippen LogP contribution in [0.2, 0.25) is 0 Å². The summed E-state index contributed by atoms with van der Waals surface area (Å²) < 4.78 is 33.5. The Balaban J connectivity index is 1.48. The quantitative estimate of drug-likeness (QED) is 0.589. The fourth-order valence-electron chi connectivity index (χ4n) is 3.28. The Kier molecular flexibility index (Phi) is 5.65. The first-order chi connectivity index (χ1) is 13.9. The van der Waals surface area contributed by atoms with Gasteiger partial charge >= 0.3 is 0 Å². The molecule has 1 aliphatic rings. The highest BCUT2D eigenvalue weighted by molar-refractivity contribution is 7.91. The summed E-state index contributed by atoms with van der Waals surface area (Å²) in [6, 6.07) is 9.62. The van der Waals surface area contributed by atoms with Gasteiger partial charge in [-0.25, -0.2) is 13.4 Å². The van der Waals surface area contributed by atoms with Crippen molar-refractivity contribution in [3.8, 4) is 16.3 Å². The number of ether oxygens (including phenoxy) is 1. The zero-order chi connectivity index (χ0) is 20.6. The first-order valence-electron chi connectivity index (χ1n) is 9.30. The smallest absolute Gasteiger partial charge is 0.252 e. The van der Waals surface area contributed by atoms with Gasteiger partial charge in [-0.05, 0) is 32.0 Å². The highest BCUT2D eigenvalue weighted by Gasteiger charge is 2.30. The van der Waals surface area contributed by atoms with E-state index < -0.39 is 10.0 Å². The minimum absolute atomic E-state index is 0.382. The second kappa shape index (κ2) is 8.06. The van der Waals surface area contributed by atoms with E-state index in [9.17, 15) is 8.42 Å². The Hall–Kier alpha value is -1.94. The molecule has 0 saturated carbocycles. The van der Waals surface area contributed by atoms with E-state index in [2.05, 4.69) is 9.88 Å². The molecule has 4 rings (SSSR count). The van der Waals surface area contributed by atoms with Gasteiger partial charge in [-0.15, -0.1) is 22.7 Å². The average molecular weight is 450 g/mol. The zero-order valence-corrected chi connectivity index (χ0v) is 19.0. The van der Waals surface area contributed by atoms with Crippen LogP contribution >= 0.6 is 22.7 Å². The number of thiophene rings is 1. The number of hydrogen-bond donors (Lipinski definition) is 0. The Morgan fingerprint density at radius 2 is 1.86 bits per heavy atom. The summed E-state index contributed by atoms with van der Waals surface area (Å²) in [7, 11) is -1.85. The lowest BCUT2D eigenvalue weighted by atomic mass is 10.2. The van der Waals surface area contributed by atoms with Crippen LogP contribution in [0.3, 0.4) is 0 Å². The van der Waals surface area contributed by atoms with Crippen molar-refractivity contribution in [2.24, 2.45) is 0 Å². The molecular formula is C20H23N3O3S3. The Bertz CT molecular complexity index is 1090. The second-order valence-electron chi connectivity index (χ2n) is 6.91. The number of anilines is 1. The molecule has 0 aliphatic carbocycles. The van der Waals surface area contributed by atoms with Crippen LogP contribution in [0, 0.1) is 13.8 Å². The number of piperazine rings is 1. The van der Waals surface area contributed by atoms with Gasteiger partial charge < -0.3 is 9.64 Å². The Labute approximate surface area is 179 Å². The average Bonchev–Trinajstić information content (AvgIpc) is 3.36. The van der Waals surface area contributed by atoms with E-state index in [1.807, 2.05) is 43.5 Å². The lowest BCUT2D eigenvalue weighted by Gasteiger charge is -2.35. The van der Waals surface area contributed by atoms with Crippen LogP contribution in [-0.2, 0) is 10.0 Å². The molecule has 9 heteroatoms. The van der Waals surface area contributed by atoms with Crippen molar-refractivity contribution in [3.63, 3.8) is 0 Å². The Morgan fingerprint density at radius 1 is 1.10 bits per heavy atom. The molecule has 1 aliphatic heterocycles. The maximum Gasteiger partial charge on any atom is 0.252 e. The van der Waals surface area contributed by atoms with E-state index in [0.29, 0.717) is 30.4 Å². The largest absolute Gasteiger partial charge is 0.497 e. The number of nitrogens with zero attached hydrogens (tertiary/aromatic N) is 3. The van der Waals surface area contributed by atoms with E-state index in [4.69, 9.17) is 4.74 Å². The number of rotatable bonds is 5. The predicted molar refractivity (Wildman–Crippen MR) is 119 cm³/mol. The molecule has 0 unspecified atom stereocenters. The van der Waals surface area contributed by atoms with E-state index in [-0.39, 0.29) is 0 Å². The molecule has 0 spiro atoms. The summed E-state index contributed by atoms with van der Waals surface area (Å²) in [4.78, 5) is 7.89. The van der Waals surface area contributed by atoms with E-state index in [1.165, 1.54) is 11.3 Å². The first kappa shape index (κ1) is 20.3. The van der Waals surface area contributed by atoms with Crippen LogP contribution < -0.4 is 9.64 Å². The summed E-state index contributed by atoms with van der Waals surface area (Å²) in [5.74, 6) is 0.802. The van der Waals surface area contributed by atoms with Gasteiger partial charge in [0.1, 0.15) is 15.0 Å². The van der Waals surface area contributed by atoms with Gasteiger partial charge in [0.15, 0.2) is 0 Å². The maximum absolute atomic E-state index is 13.1. The number of sulfonamides is 1. The summed E-state index contributed by atoms with van der Waals surface area (Å²) in [5.41, 5.74) is 2.92. The molecular weight excluding hydrogens is 426 g/mol. The third kappa shape index (κ3) is 4.05. The topological polar surface area (TPSA) is 62.7 Å². The summed E-state index contributed by atoms with van der Waals surface area (Å²) in [6.07, 6.45) is 0. The van der Waals surface area contributed by atoms with Crippen molar-refractivity contribution in [1.29, 1.82) is 0 Å². The highest BCUT2D eigenvalue weighted by atomic mass is 32.2. The van der Waals surface area contributed by atoms with Crippen molar-refractivity contribution < 1.29 is 13.2 Å². The van der Waals surface area contributed by atoms with Gasteiger partial charge in [-0.1, -0.05) is 6.07 Å². The number of benzene rings is 1. The van der Waals surface area contributed by atoms with E-state index in [0.717, 1.165) is 32.6 Å². The van der Waals surface area contributed by atoms with Crippen molar-refractivity contribution in [3.05, 3.63) is 46.3 Å². The number of aromatic nitrogens is 1. The second-order valence-corrected chi connectivity index (χ2v) is 11.2.